The van der Waals surface area contributed by atoms with Crippen LogP contribution in [0.3, 0.4) is 0 Å². The second-order valence-electron chi connectivity index (χ2n) is 9.77. The van der Waals surface area contributed by atoms with Crippen LogP contribution in [0.25, 0.3) is 22.6 Å². The van der Waals surface area contributed by atoms with Gasteiger partial charge < -0.3 is 9.32 Å². The van der Waals surface area contributed by atoms with Crippen molar-refractivity contribution in [2.24, 2.45) is 0 Å². The number of aromatic nitrogens is 1. The monoisotopic (exact) mass is 567 g/mol. The number of halogens is 2. The third-order valence-corrected chi connectivity index (χ3v) is 7.27. The molecule has 41 heavy (non-hydrogen) atoms. The highest BCUT2D eigenvalue weighted by Crippen LogP contribution is 2.30. The number of fused-ring (bicyclic) bond motifs is 1. The van der Waals surface area contributed by atoms with E-state index in [1.165, 1.54) is 17.0 Å². The number of anilines is 1. The minimum Gasteiger partial charge on any atom is -0.436 e. The lowest BCUT2D eigenvalue weighted by Crippen LogP contribution is -2.45. The lowest BCUT2D eigenvalue weighted by Gasteiger charge is -2.28. The van der Waals surface area contributed by atoms with Crippen LogP contribution in [0.2, 0.25) is 5.02 Å². The molecule has 0 N–H and O–H groups in total. The molecule has 1 atom stereocenters. The molecule has 0 aliphatic carbocycles. The molecule has 7 nitrogen and oxygen atoms in total. The molecule has 6 rings (SSSR count). The number of rotatable bonds is 7. The molecule has 1 aliphatic rings. The third kappa shape index (κ3) is 5.47. The minimum atomic E-state index is -1.01. The van der Waals surface area contributed by atoms with E-state index >= 15 is 0 Å². The van der Waals surface area contributed by atoms with E-state index in [1.54, 1.807) is 60.7 Å². The van der Waals surface area contributed by atoms with Gasteiger partial charge in [-0.15, -0.1) is 0 Å². The largest absolute Gasteiger partial charge is 0.436 e. The number of hydrogen-bond donors (Lipinski definition) is 0. The second kappa shape index (κ2) is 11.0. The van der Waals surface area contributed by atoms with Crippen molar-refractivity contribution in [3.63, 3.8) is 0 Å². The van der Waals surface area contributed by atoms with Crippen molar-refractivity contribution in [1.29, 1.82) is 0 Å². The first-order chi connectivity index (χ1) is 19.9. The Morgan fingerprint density at radius 1 is 0.927 bits per heavy atom. The molecule has 204 valence electrons. The summed E-state index contributed by atoms with van der Waals surface area (Å²) in [6, 6.07) is 25.7. The summed E-state index contributed by atoms with van der Waals surface area (Å²) >= 11 is 5.98. The molecule has 9 heteroatoms. The van der Waals surface area contributed by atoms with Gasteiger partial charge in [0.05, 0.1) is 18.5 Å². The Morgan fingerprint density at radius 2 is 1.61 bits per heavy atom. The number of carbonyl (C=O) groups is 3. The van der Waals surface area contributed by atoms with Crippen molar-refractivity contribution in [1.82, 2.24) is 9.88 Å². The third-order valence-electron chi connectivity index (χ3n) is 7.02. The van der Waals surface area contributed by atoms with E-state index in [9.17, 15) is 18.8 Å². The first kappa shape index (κ1) is 26.4. The number of para-hydroxylation sites is 2. The van der Waals surface area contributed by atoms with Crippen LogP contribution in [0.1, 0.15) is 17.5 Å². The standard InChI is InChI=1S/C32H23ClFN3O4/c33-23-11-5-20(6-12-23)17-29(38)36(19-21-7-13-24(34)14-8-21)27-18-30(39)37(32(27)40)25-15-9-22(10-16-25)31-35-26-3-1-2-4-28(26)41-31/h1-16,27H,17-19H2. The smallest absolute Gasteiger partial charge is 0.257 e. The number of hydrogen-bond acceptors (Lipinski definition) is 5. The van der Waals surface area contributed by atoms with Gasteiger partial charge in [-0.25, -0.2) is 14.3 Å². The molecule has 0 bridgehead atoms. The maximum absolute atomic E-state index is 13.7. The van der Waals surface area contributed by atoms with Crippen molar-refractivity contribution in [2.45, 2.75) is 25.4 Å². The van der Waals surface area contributed by atoms with Crippen molar-refractivity contribution in [3.8, 4) is 11.5 Å². The number of amides is 3. The van der Waals surface area contributed by atoms with E-state index in [4.69, 9.17) is 16.0 Å². The normalized spacial score (nSPS) is 15.1. The Labute approximate surface area is 239 Å². The molecule has 5 aromatic rings. The molecule has 3 amide bonds. The van der Waals surface area contributed by atoms with E-state index in [-0.39, 0.29) is 25.3 Å². The molecular formula is C32H23ClFN3O4. The fourth-order valence-electron chi connectivity index (χ4n) is 4.92. The maximum atomic E-state index is 13.7. The lowest BCUT2D eigenvalue weighted by atomic mass is 10.1. The molecule has 1 aliphatic heterocycles. The predicted molar refractivity (Wildman–Crippen MR) is 152 cm³/mol. The Balaban J connectivity index is 1.26. The lowest BCUT2D eigenvalue weighted by molar-refractivity contribution is -0.138. The molecule has 1 unspecified atom stereocenters. The number of benzene rings is 4. The first-order valence-corrected chi connectivity index (χ1v) is 13.3. The first-order valence-electron chi connectivity index (χ1n) is 13.0. The number of carbonyl (C=O) groups excluding carboxylic acids is 3. The molecule has 1 saturated heterocycles. The van der Waals surface area contributed by atoms with Crippen LogP contribution in [-0.4, -0.2) is 33.6 Å². The molecule has 2 heterocycles. The van der Waals surface area contributed by atoms with Gasteiger partial charge in [-0.1, -0.05) is 48.0 Å². The summed E-state index contributed by atoms with van der Waals surface area (Å²) in [7, 11) is 0. The van der Waals surface area contributed by atoms with E-state index in [0.717, 1.165) is 10.4 Å². The minimum absolute atomic E-state index is 0.00946. The zero-order valence-electron chi connectivity index (χ0n) is 21.7. The van der Waals surface area contributed by atoms with E-state index in [2.05, 4.69) is 4.98 Å². The highest BCUT2D eigenvalue weighted by molar-refractivity contribution is 6.30. The number of nitrogens with zero attached hydrogens (tertiary/aromatic N) is 3. The topological polar surface area (TPSA) is 83.7 Å². The van der Waals surface area contributed by atoms with Crippen LogP contribution in [0.4, 0.5) is 10.1 Å². The van der Waals surface area contributed by atoms with Gasteiger partial charge in [-0.05, 0) is 71.8 Å². The number of imide groups is 1. The van der Waals surface area contributed by atoms with Crippen LogP contribution in [-0.2, 0) is 27.3 Å². The summed E-state index contributed by atoms with van der Waals surface area (Å²) in [5.74, 6) is -1.24. The molecule has 0 saturated carbocycles. The van der Waals surface area contributed by atoms with Gasteiger partial charge in [0, 0.05) is 17.1 Å². The van der Waals surface area contributed by atoms with Crippen LogP contribution >= 0.6 is 11.6 Å². The summed E-state index contributed by atoms with van der Waals surface area (Å²) in [6.07, 6.45) is -0.158. The van der Waals surface area contributed by atoms with Gasteiger partial charge in [0.2, 0.25) is 17.7 Å². The predicted octanol–water partition coefficient (Wildman–Crippen LogP) is 6.19. The Morgan fingerprint density at radius 3 is 2.32 bits per heavy atom. The average Bonchev–Trinajstić information content (AvgIpc) is 3.54. The summed E-state index contributed by atoms with van der Waals surface area (Å²) in [6.45, 7) is 0.0425. The van der Waals surface area contributed by atoms with Gasteiger partial charge in [0.25, 0.3) is 5.91 Å². The van der Waals surface area contributed by atoms with E-state index in [0.29, 0.717) is 38.9 Å². The highest BCUT2D eigenvalue weighted by atomic mass is 35.5. The molecule has 0 spiro atoms. The van der Waals surface area contributed by atoms with Crippen LogP contribution in [0, 0.1) is 5.82 Å². The second-order valence-corrected chi connectivity index (χ2v) is 10.2. The van der Waals surface area contributed by atoms with Crippen molar-refractivity contribution in [3.05, 3.63) is 119 Å². The van der Waals surface area contributed by atoms with Gasteiger partial charge in [0.15, 0.2) is 5.58 Å². The fourth-order valence-corrected chi connectivity index (χ4v) is 5.04. The van der Waals surface area contributed by atoms with Crippen molar-refractivity contribution >= 4 is 46.1 Å². The maximum Gasteiger partial charge on any atom is 0.257 e. The molecule has 4 aromatic carbocycles. The number of oxazole rings is 1. The van der Waals surface area contributed by atoms with Gasteiger partial charge in [-0.2, -0.15) is 0 Å². The Hall–Kier alpha value is -4.82. The van der Waals surface area contributed by atoms with E-state index < -0.39 is 23.7 Å². The zero-order chi connectivity index (χ0) is 28.5. The van der Waals surface area contributed by atoms with Gasteiger partial charge in [-0.3, -0.25) is 14.4 Å². The average molecular weight is 568 g/mol. The quantitative estimate of drug-likeness (QED) is 0.219. The van der Waals surface area contributed by atoms with Crippen LogP contribution < -0.4 is 4.90 Å². The highest BCUT2D eigenvalue weighted by Gasteiger charge is 2.44. The summed E-state index contributed by atoms with van der Waals surface area (Å²) in [5, 5.41) is 0.540. The van der Waals surface area contributed by atoms with Crippen molar-refractivity contribution < 1.29 is 23.2 Å². The fraction of sp³-hybridized carbons (Fsp3) is 0.125. The zero-order valence-corrected chi connectivity index (χ0v) is 22.4. The van der Waals surface area contributed by atoms with E-state index in [1.807, 2.05) is 24.3 Å². The Kier molecular flexibility index (Phi) is 7.07. The van der Waals surface area contributed by atoms with Gasteiger partial charge >= 0.3 is 0 Å². The Bertz CT molecular complexity index is 1720. The molecule has 1 aromatic heterocycles. The summed E-state index contributed by atoms with van der Waals surface area (Å²) < 4.78 is 19.4. The van der Waals surface area contributed by atoms with Crippen LogP contribution in [0.5, 0.6) is 0 Å². The molecule has 1 fully saturated rings. The SMILES string of the molecule is O=C1CC(N(Cc2ccc(F)cc2)C(=O)Cc2ccc(Cl)cc2)C(=O)N1c1ccc(-c2nc3ccccc3o2)cc1. The molecular weight excluding hydrogens is 545 g/mol. The summed E-state index contributed by atoms with van der Waals surface area (Å²) in [5.41, 5.74) is 3.81. The van der Waals surface area contributed by atoms with Crippen molar-refractivity contribution in [2.75, 3.05) is 4.90 Å². The van der Waals surface area contributed by atoms with Gasteiger partial charge in [0.1, 0.15) is 17.4 Å². The molecule has 0 radical (unpaired) electrons. The van der Waals surface area contributed by atoms with Crippen LogP contribution in [0.15, 0.2) is 101 Å². The summed E-state index contributed by atoms with van der Waals surface area (Å²) in [4.78, 5) is 47.4.